The zero-order chi connectivity index (χ0) is 14.8. The van der Waals surface area contributed by atoms with Crippen molar-refractivity contribution in [2.75, 3.05) is 0 Å². The lowest BCUT2D eigenvalue weighted by Crippen LogP contribution is -2.08. The van der Waals surface area contributed by atoms with E-state index in [1.54, 1.807) is 24.6 Å². The number of thiophene rings is 1. The van der Waals surface area contributed by atoms with Crippen LogP contribution in [0.2, 0.25) is 0 Å². The van der Waals surface area contributed by atoms with E-state index in [1.165, 1.54) is 11.8 Å². The number of carbonyl (C=O) groups excluding carboxylic acids is 1. The van der Waals surface area contributed by atoms with Gasteiger partial charge in [-0.25, -0.2) is 9.97 Å². The van der Waals surface area contributed by atoms with Crippen LogP contribution >= 0.6 is 23.1 Å². The molecule has 3 aromatic rings. The molecular weight excluding hydrogens is 300 g/mol. The number of Topliss-reactive ketones (excluding diaryl/α,β-unsaturated/α-hetero) is 1. The largest absolute Gasteiger partial charge is 0.299 e. The Bertz CT molecular complexity index is 783. The summed E-state index contributed by atoms with van der Waals surface area (Å²) in [6.07, 6.45) is 1.57. The number of aromatic nitrogens is 2. The van der Waals surface area contributed by atoms with Crippen molar-refractivity contribution >= 4 is 39.1 Å². The quantitative estimate of drug-likeness (QED) is 0.528. The van der Waals surface area contributed by atoms with Crippen LogP contribution in [-0.2, 0) is 4.79 Å². The highest BCUT2D eigenvalue weighted by Crippen LogP contribution is 2.38. The summed E-state index contributed by atoms with van der Waals surface area (Å²) < 4.78 is 0. The number of benzene rings is 1. The van der Waals surface area contributed by atoms with Gasteiger partial charge < -0.3 is 0 Å². The van der Waals surface area contributed by atoms with E-state index in [1.807, 2.05) is 25.1 Å². The number of rotatable bonds is 4. The molecule has 0 aliphatic heterocycles. The predicted molar refractivity (Wildman–Crippen MR) is 88.9 cm³/mol. The van der Waals surface area contributed by atoms with Crippen molar-refractivity contribution in [1.29, 1.82) is 0 Å². The molecule has 0 aliphatic carbocycles. The highest BCUT2D eigenvalue weighted by atomic mass is 32.2. The number of fused-ring (bicyclic) bond motifs is 1. The molecule has 0 saturated heterocycles. The minimum Gasteiger partial charge on any atom is -0.299 e. The predicted octanol–water partition coefficient (Wildman–Crippen LogP) is 4.43. The van der Waals surface area contributed by atoms with Gasteiger partial charge in [-0.15, -0.1) is 11.3 Å². The van der Waals surface area contributed by atoms with Gasteiger partial charge in [-0.1, -0.05) is 42.1 Å². The monoisotopic (exact) mass is 314 g/mol. The average Bonchev–Trinajstić information content (AvgIpc) is 2.93. The maximum atomic E-state index is 11.5. The van der Waals surface area contributed by atoms with Gasteiger partial charge >= 0.3 is 0 Å². The van der Waals surface area contributed by atoms with E-state index in [0.29, 0.717) is 0 Å². The van der Waals surface area contributed by atoms with Gasteiger partial charge in [-0.3, -0.25) is 4.79 Å². The van der Waals surface area contributed by atoms with Crippen molar-refractivity contribution in [2.45, 2.75) is 24.1 Å². The fourth-order valence-electron chi connectivity index (χ4n) is 2.02. The van der Waals surface area contributed by atoms with Gasteiger partial charge in [0.1, 0.15) is 22.0 Å². The van der Waals surface area contributed by atoms with Gasteiger partial charge in [0.2, 0.25) is 0 Å². The Morgan fingerprint density at radius 3 is 2.71 bits per heavy atom. The molecule has 3 nitrogen and oxygen atoms in total. The van der Waals surface area contributed by atoms with Crippen LogP contribution in [0, 0.1) is 0 Å². The fraction of sp³-hybridized carbons (Fsp3) is 0.188. The van der Waals surface area contributed by atoms with E-state index in [-0.39, 0.29) is 11.0 Å². The highest BCUT2D eigenvalue weighted by Gasteiger charge is 2.17. The summed E-state index contributed by atoms with van der Waals surface area (Å²) in [5.74, 6) is 0.156. The number of nitrogens with zero attached hydrogens (tertiary/aromatic N) is 2. The van der Waals surface area contributed by atoms with E-state index < -0.39 is 0 Å². The lowest BCUT2D eigenvalue weighted by molar-refractivity contribution is -0.116. The summed E-state index contributed by atoms with van der Waals surface area (Å²) >= 11 is 3.11. The molecule has 106 valence electrons. The topological polar surface area (TPSA) is 42.9 Å². The summed E-state index contributed by atoms with van der Waals surface area (Å²) in [6, 6.07) is 10.2. The summed E-state index contributed by atoms with van der Waals surface area (Å²) in [5, 5.41) is 3.93. The number of ketones is 1. The van der Waals surface area contributed by atoms with Gasteiger partial charge in [0.15, 0.2) is 0 Å². The van der Waals surface area contributed by atoms with Crippen LogP contribution < -0.4 is 0 Å². The van der Waals surface area contributed by atoms with Crippen molar-refractivity contribution in [3.63, 3.8) is 0 Å². The molecule has 0 radical (unpaired) electrons. The molecule has 21 heavy (non-hydrogen) atoms. The van der Waals surface area contributed by atoms with Crippen molar-refractivity contribution in [3.8, 4) is 11.1 Å². The minimum atomic E-state index is -0.105. The lowest BCUT2D eigenvalue weighted by atomic mass is 10.1. The fourth-order valence-corrected chi connectivity index (χ4v) is 3.93. The van der Waals surface area contributed by atoms with E-state index in [0.717, 1.165) is 26.4 Å². The first-order valence-electron chi connectivity index (χ1n) is 6.61. The Labute approximate surface area is 131 Å². The first-order valence-corrected chi connectivity index (χ1v) is 8.37. The molecule has 0 spiro atoms. The molecule has 2 aromatic heterocycles. The molecule has 5 heteroatoms. The molecule has 0 saturated carbocycles. The summed E-state index contributed by atoms with van der Waals surface area (Å²) in [5.41, 5.74) is 2.28. The van der Waals surface area contributed by atoms with Crippen molar-refractivity contribution in [2.24, 2.45) is 0 Å². The van der Waals surface area contributed by atoms with Gasteiger partial charge in [-0.05, 0) is 19.4 Å². The second kappa shape index (κ2) is 5.95. The van der Waals surface area contributed by atoms with Crippen molar-refractivity contribution < 1.29 is 4.79 Å². The minimum absolute atomic E-state index is 0.105. The standard InChI is InChI=1S/C16H14N2OS2/c1-10(19)11(2)21-16-14-13(12-6-4-3-5-7-12)8-20-15(14)17-9-18-16/h3-9,11H,1-2H3. The number of carbonyl (C=O) groups is 1. The van der Waals surface area contributed by atoms with Crippen LogP contribution in [0.5, 0.6) is 0 Å². The smallest absolute Gasteiger partial charge is 0.142 e. The average molecular weight is 314 g/mol. The Hall–Kier alpha value is -1.72. The molecule has 0 bridgehead atoms. The van der Waals surface area contributed by atoms with E-state index in [9.17, 15) is 4.79 Å². The van der Waals surface area contributed by atoms with Gasteiger partial charge in [0.25, 0.3) is 0 Å². The van der Waals surface area contributed by atoms with Crippen LogP contribution in [-0.4, -0.2) is 21.0 Å². The second-order valence-corrected chi connectivity index (χ2v) is 6.93. The molecule has 1 aromatic carbocycles. The summed E-state index contributed by atoms with van der Waals surface area (Å²) in [6.45, 7) is 3.53. The SMILES string of the molecule is CC(=O)C(C)Sc1ncnc2scc(-c3ccccc3)c12. The summed E-state index contributed by atoms with van der Waals surface area (Å²) in [7, 11) is 0. The third-order valence-electron chi connectivity index (χ3n) is 3.28. The lowest BCUT2D eigenvalue weighted by Gasteiger charge is -2.08. The first kappa shape index (κ1) is 14.2. The van der Waals surface area contributed by atoms with E-state index in [2.05, 4.69) is 27.5 Å². The van der Waals surface area contributed by atoms with Crippen molar-refractivity contribution in [3.05, 3.63) is 42.0 Å². The van der Waals surface area contributed by atoms with Gasteiger partial charge in [-0.2, -0.15) is 0 Å². The third kappa shape index (κ3) is 2.84. The van der Waals surface area contributed by atoms with Crippen LogP contribution in [0.15, 0.2) is 47.1 Å². The molecule has 3 rings (SSSR count). The van der Waals surface area contributed by atoms with Crippen LogP contribution in [0.1, 0.15) is 13.8 Å². The first-order chi connectivity index (χ1) is 10.2. The van der Waals surface area contributed by atoms with E-state index in [4.69, 9.17) is 0 Å². The molecule has 0 aliphatic rings. The Morgan fingerprint density at radius 1 is 1.24 bits per heavy atom. The molecular formula is C16H14N2OS2. The normalized spacial score (nSPS) is 12.5. The van der Waals surface area contributed by atoms with Gasteiger partial charge in [0, 0.05) is 10.9 Å². The molecule has 2 heterocycles. The van der Waals surface area contributed by atoms with Crippen LogP contribution in [0.25, 0.3) is 21.3 Å². The molecule has 0 amide bonds. The van der Waals surface area contributed by atoms with E-state index >= 15 is 0 Å². The zero-order valence-electron chi connectivity index (χ0n) is 11.7. The number of hydrogen-bond donors (Lipinski definition) is 0. The Kier molecular flexibility index (Phi) is 4.03. The summed E-state index contributed by atoms with van der Waals surface area (Å²) in [4.78, 5) is 21.2. The van der Waals surface area contributed by atoms with Crippen LogP contribution in [0.3, 0.4) is 0 Å². The van der Waals surface area contributed by atoms with Crippen molar-refractivity contribution in [1.82, 2.24) is 9.97 Å². The number of thioether (sulfide) groups is 1. The molecule has 0 N–H and O–H groups in total. The third-order valence-corrected chi connectivity index (χ3v) is 5.39. The zero-order valence-corrected chi connectivity index (χ0v) is 13.4. The highest BCUT2D eigenvalue weighted by molar-refractivity contribution is 8.00. The Morgan fingerprint density at radius 2 is 2.00 bits per heavy atom. The molecule has 1 atom stereocenters. The van der Waals surface area contributed by atoms with Crippen LogP contribution in [0.4, 0.5) is 0 Å². The number of hydrogen-bond acceptors (Lipinski definition) is 5. The maximum Gasteiger partial charge on any atom is 0.142 e. The van der Waals surface area contributed by atoms with Gasteiger partial charge in [0.05, 0.1) is 10.6 Å². The maximum absolute atomic E-state index is 11.5. The second-order valence-electron chi connectivity index (χ2n) is 4.75. The Balaban J connectivity index is 2.13. The molecule has 0 fully saturated rings. The molecule has 1 unspecified atom stereocenters.